The third kappa shape index (κ3) is 2.20. The van der Waals surface area contributed by atoms with E-state index in [4.69, 9.17) is 22.4 Å². The van der Waals surface area contributed by atoms with Gasteiger partial charge in [0, 0.05) is 0 Å². The molecule has 1 rings (SSSR count). The van der Waals surface area contributed by atoms with Gasteiger partial charge in [-0.2, -0.15) is 0 Å². The Hall–Kier alpha value is -0.710. The van der Waals surface area contributed by atoms with Crippen LogP contribution in [-0.2, 0) is 0 Å². The van der Waals surface area contributed by atoms with Crippen molar-refractivity contribution in [3.63, 3.8) is 0 Å². The van der Waals surface area contributed by atoms with Crippen LogP contribution in [0.25, 0.3) is 0 Å². The summed E-state index contributed by atoms with van der Waals surface area (Å²) in [4.78, 5) is 0. The van der Waals surface area contributed by atoms with Crippen molar-refractivity contribution in [1.82, 2.24) is 0 Å². The monoisotopic (exact) mass is 221 g/mol. The molecule has 5 heteroatoms. The lowest BCUT2D eigenvalue weighted by Gasteiger charge is -2.15. The molecule has 0 heterocycles. The zero-order valence-corrected chi connectivity index (χ0v) is 8.22. The number of aliphatic hydroxyl groups excluding tert-OH is 1. The van der Waals surface area contributed by atoms with Crippen LogP contribution in [0.2, 0.25) is 5.02 Å². The van der Waals surface area contributed by atoms with Gasteiger partial charge < -0.3 is 10.8 Å². The second-order valence-corrected chi connectivity index (χ2v) is 3.44. The zero-order chi connectivity index (χ0) is 10.9. The summed E-state index contributed by atoms with van der Waals surface area (Å²) in [6, 6.07) is 1.21. The van der Waals surface area contributed by atoms with E-state index in [-0.39, 0.29) is 5.56 Å². The molecule has 0 radical (unpaired) electrons. The van der Waals surface area contributed by atoms with Crippen LogP contribution in [0.3, 0.4) is 0 Å². The molecule has 0 aliphatic heterocycles. The molecule has 0 aliphatic carbocycles. The van der Waals surface area contributed by atoms with E-state index in [9.17, 15) is 8.78 Å². The van der Waals surface area contributed by atoms with Gasteiger partial charge >= 0.3 is 0 Å². The van der Waals surface area contributed by atoms with E-state index in [0.717, 1.165) is 12.1 Å². The van der Waals surface area contributed by atoms with Crippen molar-refractivity contribution in [2.75, 3.05) is 0 Å². The standard InChI is InChI=1S/C9H10ClF2NO/c1-4(14)9(13)5-2-6(11)8(10)7(12)3-5/h2-4,9,14H,13H2,1H3/t4-,9+/m0/s1. The molecular formula is C9H10ClF2NO. The molecule has 1 aromatic carbocycles. The van der Waals surface area contributed by atoms with E-state index in [1.54, 1.807) is 0 Å². The van der Waals surface area contributed by atoms with Crippen LogP contribution in [0.15, 0.2) is 12.1 Å². The highest BCUT2D eigenvalue weighted by Crippen LogP contribution is 2.24. The normalized spacial score (nSPS) is 15.3. The van der Waals surface area contributed by atoms with Crippen molar-refractivity contribution >= 4 is 11.6 Å². The molecule has 0 aliphatic rings. The van der Waals surface area contributed by atoms with Crippen LogP contribution < -0.4 is 5.73 Å². The molecule has 1 aromatic rings. The topological polar surface area (TPSA) is 46.2 Å². The highest BCUT2D eigenvalue weighted by molar-refractivity contribution is 6.30. The molecular weight excluding hydrogens is 212 g/mol. The second-order valence-electron chi connectivity index (χ2n) is 3.06. The lowest BCUT2D eigenvalue weighted by molar-refractivity contribution is 0.164. The maximum Gasteiger partial charge on any atom is 0.145 e. The van der Waals surface area contributed by atoms with Crippen molar-refractivity contribution in [1.29, 1.82) is 0 Å². The van der Waals surface area contributed by atoms with Crippen molar-refractivity contribution < 1.29 is 13.9 Å². The fraction of sp³-hybridized carbons (Fsp3) is 0.333. The molecule has 0 saturated heterocycles. The second kappa shape index (κ2) is 4.21. The fourth-order valence-electron chi connectivity index (χ4n) is 1.05. The predicted octanol–water partition coefficient (Wildman–Crippen LogP) is 2.00. The van der Waals surface area contributed by atoms with Crippen LogP contribution in [0.1, 0.15) is 18.5 Å². The number of benzene rings is 1. The van der Waals surface area contributed by atoms with Gasteiger partial charge in [0.15, 0.2) is 0 Å². The summed E-state index contributed by atoms with van der Waals surface area (Å²) in [5, 5.41) is 8.56. The lowest BCUT2D eigenvalue weighted by Crippen LogP contribution is -2.23. The smallest absolute Gasteiger partial charge is 0.145 e. The van der Waals surface area contributed by atoms with Crippen molar-refractivity contribution in [2.24, 2.45) is 5.73 Å². The van der Waals surface area contributed by atoms with E-state index in [0.29, 0.717) is 0 Å². The summed E-state index contributed by atoms with van der Waals surface area (Å²) in [5.74, 6) is -1.75. The minimum absolute atomic E-state index is 0.180. The SMILES string of the molecule is C[C@H](O)[C@@H](N)c1cc(F)c(Cl)c(F)c1. The third-order valence-electron chi connectivity index (χ3n) is 1.91. The van der Waals surface area contributed by atoms with Gasteiger partial charge in [-0.3, -0.25) is 0 Å². The summed E-state index contributed by atoms with van der Waals surface area (Å²) in [6.45, 7) is 1.44. The Morgan fingerprint density at radius 3 is 2.14 bits per heavy atom. The third-order valence-corrected chi connectivity index (χ3v) is 2.27. The average molecular weight is 222 g/mol. The van der Waals surface area contributed by atoms with Gasteiger partial charge in [0.05, 0.1) is 12.1 Å². The molecule has 0 unspecified atom stereocenters. The van der Waals surface area contributed by atoms with Crippen LogP contribution in [-0.4, -0.2) is 11.2 Å². The molecule has 0 fully saturated rings. The zero-order valence-electron chi connectivity index (χ0n) is 7.47. The molecule has 0 saturated carbocycles. The quantitative estimate of drug-likeness (QED) is 0.751. The number of halogens is 3. The van der Waals surface area contributed by atoms with Crippen LogP contribution in [0.5, 0.6) is 0 Å². The van der Waals surface area contributed by atoms with E-state index < -0.39 is 28.8 Å². The summed E-state index contributed by atoms with van der Waals surface area (Å²) in [6.07, 6.45) is -0.880. The average Bonchev–Trinajstić information content (AvgIpc) is 2.12. The largest absolute Gasteiger partial charge is 0.391 e. The first kappa shape index (κ1) is 11.4. The van der Waals surface area contributed by atoms with Crippen LogP contribution in [0.4, 0.5) is 8.78 Å². The summed E-state index contributed by atoms with van der Waals surface area (Å²) in [5.41, 5.74) is 5.68. The predicted molar refractivity (Wildman–Crippen MR) is 50.0 cm³/mol. The minimum atomic E-state index is -0.880. The van der Waals surface area contributed by atoms with Crippen LogP contribution >= 0.6 is 11.6 Å². The van der Waals surface area contributed by atoms with Crippen molar-refractivity contribution in [3.8, 4) is 0 Å². The summed E-state index contributed by atoms with van der Waals surface area (Å²) in [7, 11) is 0. The van der Waals surface area contributed by atoms with Gasteiger partial charge in [-0.1, -0.05) is 11.6 Å². The first-order valence-corrected chi connectivity index (χ1v) is 4.39. The Labute approximate surface area is 85.3 Å². The van der Waals surface area contributed by atoms with Gasteiger partial charge in [-0.05, 0) is 24.6 Å². The molecule has 14 heavy (non-hydrogen) atoms. The number of rotatable bonds is 2. The van der Waals surface area contributed by atoms with Gasteiger partial charge in [0.25, 0.3) is 0 Å². The highest BCUT2D eigenvalue weighted by Gasteiger charge is 2.16. The number of hydrogen-bond donors (Lipinski definition) is 2. The number of hydrogen-bond acceptors (Lipinski definition) is 2. The van der Waals surface area contributed by atoms with E-state index in [1.807, 2.05) is 0 Å². The van der Waals surface area contributed by atoms with Gasteiger partial charge in [0.1, 0.15) is 16.7 Å². The van der Waals surface area contributed by atoms with Gasteiger partial charge in [-0.25, -0.2) is 8.78 Å². The van der Waals surface area contributed by atoms with Gasteiger partial charge in [-0.15, -0.1) is 0 Å². The van der Waals surface area contributed by atoms with E-state index in [1.165, 1.54) is 6.92 Å². The van der Waals surface area contributed by atoms with E-state index in [2.05, 4.69) is 0 Å². The molecule has 0 spiro atoms. The fourth-order valence-corrected chi connectivity index (χ4v) is 1.16. The minimum Gasteiger partial charge on any atom is -0.391 e. The van der Waals surface area contributed by atoms with Gasteiger partial charge in [0.2, 0.25) is 0 Å². The lowest BCUT2D eigenvalue weighted by atomic mass is 10.0. The summed E-state index contributed by atoms with van der Waals surface area (Å²) < 4.78 is 25.9. The molecule has 0 amide bonds. The maximum atomic E-state index is 13.0. The molecule has 2 atom stereocenters. The molecule has 2 nitrogen and oxygen atoms in total. The van der Waals surface area contributed by atoms with Crippen molar-refractivity contribution in [3.05, 3.63) is 34.4 Å². The Morgan fingerprint density at radius 2 is 1.79 bits per heavy atom. The van der Waals surface area contributed by atoms with Crippen molar-refractivity contribution in [2.45, 2.75) is 19.1 Å². The maximum absolute atomic E-state index is 13.0. The Bertz CT molecular complexity index is 321. The molecule has 0 bridgehead atoms. The summed E-state index contributed by atoms with van der Waals surface area (Å²) >= 11 is 5.28. The number of nitrogens with two attached hydrogens (primary N) is 1. The number of aliphatic hydroxyl groups is 1. The van der Waals surface area contributed by atoms with E-state index >= 15 is 0 Å². The van der Waals surface area contributed by atoms with Crippen LogP contribution in [0, 0.1) is 11.6 Å². The molecule has 0 aromatic heterocycles. The Morgan fingerprint density at radius 1 is 1.36 bits per heavy atom. The highest BCUT2D eigenvalue weighted by atomic mass is 35.5. The Balaban J connectivity index is 3.12. The molecule has 3 N–H and O–H groups in total. The molecule has 78 valence electrons. The first-order chi connectivity index (χ1) is 6.43. The Kier molecular flexibility index (Phi) is 3.42. The first-order valence-electron chi connectivity index (χ1n) is 4.01.